The van der Waals surface area contributed by atoms with Gasteiger partial charge in [0.05, 0.1) is 6.61 Å². The molecular weight excluding hydrogens is 326 g/mol. The van der Waals surface area contributed by atoms with Crippen molar-refractivity contribution in [2.75, 3.05) is 38.1 Å². The van der Waals surface area contributed by atoms with Crippen molar-refractivity contribution in [1.29, 1.82) is 0 Å². The van der Waals surface area contributed by atoms with Gasteiger partial charge in [0.2, 0.25) is 11.8 Å². The van der Waals surface area contributed by atoms with Gasteiger partial charge in [-0.05, 0) is 19.1 Å². The Balaban J connectivity index is 1.84. The number of piperazine rings is 1. The first-order valence-corrected chi connectivity index (χ1v) is 8.29. The number of esters is 1. The average Bonchev–Trinajstić information content (AvgIpc) is 2.60. The highest BCUT2D eigenvalue weighted by atomic mass is 16.5. The number of phenols is 1. The van der Waals surface area contributed by atoms with Crippen LogP contribution in [-0.4, -0.2) is 60.6 Å². The Bertz CT molecular complexity index is 641. The zero-order chi connectivity index (χ0) is 18.2. The Morgan fingerprint density at radius 1 is 1.24 bits per heavy atom. The van der Waals surface area contributed by atoms with Crippen LogP contribution in [0.15, 0.2) is 18.2 Å². The van der Waals surface area contributed by atoms with Crippen LogP contribution in [-0.2, 0) is 14.3 Å². The maximum absolute atomic E-state index is 12.0. The summed E-state index contributed by atoms with van der Waals surface area (Å²) in [5.74, 6) is -1.27. The van der Waals surface area contributed by atoms with E-state index in [1.54, 1.807) is 11.8 Å². The molecule has 1 aliphatic heterocycles. The molecule has 1 saturated heterocycles. The standard InChI is InChI=1S/C17H23N3O5/c1-2-25-17(24)13-4-3-12(11-14(13)21)19-15(22)5-6-16(23)20-9-7-18-8-10-20/h3-4,11,18,21H,2,5-10H2,1H3,(H,19,22). The van der Waals surface area contributed by atoms with Crippen molar-refractivity contribution in [2.24, 2.45) is 0 Å². The molecule has 0 atom stereocenters. The molecule has 136 valence electrons. The smallest absolute Gasteiger partial charge is 0.341 e. The first-order chi connectivity index (χ1) is 12.0. The minimum atomic E-state index is -0.625. The summed E-state index contributed by atoms with van der Waals surface area (Å²) in [4.78, 5) is 37.3. The van der Waals surface area contributed by atoms with E-state index in [0.717, 1.165) is 13.1 Å². The Hall–Kier alpha value is -2.61. The fourth-order valence-electron chi connectivity index (χ4n) is 2.51. The Kier molecular flexibility index (Phi) is 6.76. The molecule has 0 saturated carbocycles. The van der Waals surface area contributed by atoms with E-state index in [-0.39, 0.29) is 42.6 Å². The highest BCUT2D eigenvalue weighted by Crippen LogP contribution is 2.23. The Morgan fingerprint density at radius 3 is 2.60 bits per heavy atom. The summed E-state index contributed by atoms with van der Waals surface area (Å²) in [7, 11) is 0. The average molecular weight is 349 g/mol. The third-order valence-electron chi connectivity index (χ3n) is 3.81. The van der Waals surface area contributed by atoms with Crippen LogP contribution < -0.4 is 10.6 Å². The second kappa shape index (κ2) is 9.03. The van der Waals surface area contributed by atoms with Gasteiger partial charge in [-0.3, -0.25) is 9.59 Å². The van der Waals surface area contributed by atoms with Crippen LogP contribution in [0.3, 0.4) is 0 Å². The number of carbonyl (C=O) groups excluding carboxylic acids is 3. The van der Waals surface area contributed by atoms with Crippen molar-refractivity contribution in [3.63, 3.8) is 0 Å². The van der Waals surface area contributed by atoms with Gasteiger partial charge in [0, 0.05) is 50.8 Å². The lowest BCUT2D eigenvalue weighted by Gasteiger charge is -2.27. The van der Waals surface area contributed by atoms with Gasteiger partial charge in [-0.2, -0.15) is 0 Å². The molecule has 2 rings (SSSR count). The van der Waals surface area contributed by atoms with Gasteiger partial charge < -0.3 is 25.4 Å². The number of nitrogens with zero attached hydrogens (tertiary/aromatic N) is 1. The van der Waals surface area contributed by atoms with Crippen LogP contribution in [0.2, 0.25) is 0 Å². The van der Waals surface area contributed by atoms with Crippen molar-refractivity contribution < 1.29 is 24.2 Å². The second-order valence-electron chi connectivity index (χ2n) is 5.63. The van der Waals surface area contributed by atoms with Crippen molar-refractivity contribution in [3.8, 4) is 5.75 Å². The number of phenolic OH excluding ortho intramolecular Hbond substituents is 1. The van der Waals surface area contributed by atoms with E-state index < -0.39 is 5.97 Å². The molecule has 1 heterocycles. The van der Waals surface area contributed by atoms with Crippen LogP contribution in [0.25, 0.3) is 0 Å². The molecule has 1 aromatic rings. The second-order valence-corrected chi connectivity index (χ2v) is 5.63. The van der Waals surface area contributed by atoms with Crippen molar-refractivity contribution in [3.05, 3.63) is 23.8 Å². The molecule has 0 radical (unpaired) electrons. The zero-order valence-corrected chi connectivity index (χ0v) is 14.2. The topological polar surface area (TPSA) is 108 Å². The summed E-state index contributed by atoms with van der Waals surface area (Å²) in [5.41, 5.74) is 0.388. The molecule has 1 aliphatic rings. The molecular formula is C17H23N3O5. The number of carbonyl (C=O) groups is 3. The van der Waals surface area contributed by atoms with Gasteiger partial charge in [-0.25, -0.2) is 4.79 Å². The molecule has 0 spiro atoms. The van der Waals surface area contributed by atoms with Gasteiger partial charge >= 0.3 is 5.97 Å². The van der Waals surface area contributed by atoms with Crippen LogP contribution in [0.5, 0.6) is 5.75 Å². The Labute approximate surface area is 146 Å². The predicted octanol–water partition coefficient (Wildman–Crippen LogP) is 0.719. The van der Waals surface area contributed by atoms with Crippen molar-refractivity contribution in [2.45, 2.75) is 19.8 Å². The number of hydrogen-bond acceptors (Lipinski definition) is 6. The number of nitrogens with one attached hydrogen (secondary N) is 2. The summed E-state index contributed by atoms with van der Waals surface area (Å²) in [6.45, 7) is 4.73. The molecule has 0 aromatic heterocycles. The van der Waals surface area contributed by atoms with Gasteiger partial charge in [-0.1, -0.05) is 0 Å². The van der Waals surface area contributed by atoms with E-state index >= 15 is 0 Å². The minimum Gasteiger partial charge on any atom is -0.507 e. The normalized spacial score (nSPS) is 14.0. The number of rotatable bonds is 6. The molecule has 2 amide bonds. The molecule has 0 unspecified atom stereocenters. The van der Waals surface area contributed by atoms with Gasteiger partial charge in [-0.15, -0.1) is 0 Å². The number of ether oxygens (including phenoxy) is 1. The van der Waals surface area contributed by atoms with Crippen molar-refractivity contribution >= 4 is 23.5 Å². The number of aromatic hydroxyl groups is 1. The van der Waals surface area contributed by atoms with E-state index in [1.165, 1.54) is 18.2 Å². The maximum Gasteiger partial charge on any atom is 0.341 e. The Morgan fingerprint density at radius 2 is 1.96 bits per heavy atom. The van der Waals surface area contributed by atoms with Crippen LogP contribution >= 0.6 is 0 Å². The van der Waals surface area contributed by atoms with E-state index in [2.05, 4.69) is 10.6 Å². The highest BCUT2D eigenvalue weighted by Gasteiger charge is 2.17. The lowest BCUT2D eigenvalue weighted by molar-refractivity contribution is -0.133. The third-order valence-corrected chi connectivity index (χ3v) is 3.81. The monoisotopic (exact) mass is 349 g/mol. The maximum atomic E-state index is 12.0. The third kappa shape index (κ3) is 5.46. The summed E-state index contributed by atoms with van der Waals surface area (Å²) >= 11 is 0. The predicted molar refractivity (Wildman–Crippen MR) is 91.4 cm³/mol. The molecule has 3 N–H and O–H groups in total. The van der Waals surface area contributed by atoms with Crippen molar-refractivity contribution in [1.82, 2.24) is 10.2 Å². The SMILES string of the molecule is CCOC(=O)c1ccc(NC(=O)CCC(=O)N2CCNCC2)cc1O. The molecule has 8 nitrogen and oxygen atoms in total. The zero-order valence-electron chi connectivity index (χ0n) is 14.2. The first kappa shape index (κ1) is 18.7. The van der Waals surface area contributed by atoms with Gasteiger partial charge in [0.15, 0.2) is 0 Å². The van der Waals surface area contributed by atoms with E-state index in [1.807, 2.05) is 0 Å². The van der Waals surface area contributed by atoms with E-state index in [0.29, 0.717) is 18.8 Å². The molecule has 8 heteroatoms. The van der Waals surface area contributed by atoms with Crippen LogP contribution in [0.1, 0.15) is 30.1 Å². The minimum absolute atomic E-state index is 0.0359. The highest BCUT2D eigenvalue weighted by molar-refractivity contribution is 5.96. The van der Waals surface area contributed by atoms with Crippen LogP contribution in [0.4, 0.5) is 5.69 Å². The fourth-order valence-corrected chi connectivity index (χ4v) is 2.51. The molecule has 1 aromatic carbocycles. The summed E-state index contributed by atoms with van der Waals surface area (Å²) < 4.78 is 4.82. The number of hydrogen-bond donors (Lipinski definition) is 3. The summed E-state index contributed by atoms with van der Waals surface area (Å²) in [6, 6.07) is 4.17. The van der Waals surface area contributed by atoms with E-state index in [4.69, 9.17) is 4.74 Å². The molecule has 0 aliphatic carbocycles. The lowest BCUT2D eigenvalue weighted by atomic mass is 10.1. The molecule has 1 fully saturated rings. The van der Waals surface area contributed by atoms with Crippen LogP contribution in [0, 0.1) is 0 Å². The van der Waals surface area contributed by atoms with E-state index in [9.17, 15) is 19.5 Å². The largest absolute Gasteiger partial charge is 0.507 e. The van der Waals surface area contributed by atoms with Gasteiger partial charge in [0.1, 0.15) is 11.3 Å². The number of benzene rings is 1. The fraction of sp³-hybridized carbons (Fsp3) is 0.471. The molecule has 0 bridgehead atoms. The number of anilines is 1. The first-order valence-electron chi connectivity index (χ1n) is 8.29. The number of amides is 2. The quantitative estimate of drug-likeness (QED) is 0.653. The summed E-state index contributed by atoms with van der Waals surface area (Å²) in [5, 5.41) is 15.6. The van der Waals surface area contributed by atoms with Gasteiger partial charge in [0.25, 0.3) is 0 Å². The summed E-state index contributed by atoms with van der Waals surface area (Å²) in [6.07, 6.45) is 0.196. The lowest BCUT2D eigenvalue weighted by Crippen LogP contribution is -2.46. The molecule has 25 heavy (non-hydrogen) atoms.